The topological polar surface area (TPSA) is 33.7 Å². The van der Waals surface area contributed by atoms with Gasteiger partial charge in [0.15, 0.2) is 0 Å². The third-order valence-electron chi connectivity index (χ3n) is 3.62. The summed E-state index contributed by atoms with van der Waals surface area (Å²) in [5, 5.41) is 3.56. The van der Waals surface area contributed by atoms with E-state index in [-0.39, 0.29) is 0 Å². The highest BCUT2D eigenvalue weighted by atomic mass is 16.5. The molecule has 1 atom stereocenters. The largest absolute Gasteiger partial charge is 0.382 e. The van der Waals surface area contributed by atoms with Crippen molar-refractivity contribution in [3.63, 3.8) is 0 Å². The molecule has 1 heterocycles. The fourth-order valence-corrected chi connectivity index (χ4v) is 2.56. The minimum absolute atomic E-state index is 0.511. The van der Waals surface area contributed by atoms with Crippen LogP contribution in [0.15, 0.2) is 24.3 Å². The van der Waals surface area contributed by atoms with Crippen LogP contribution in [0.25, 0.3) is 0 Å². The van der Waals surface area contributed by atoms with Gasteiger partial charge in [-0.2, -0.15) is 0 Å². The number of para-hydroxylation sites is 1. The number of anilines is 1. The molecule has 0 aromatic heterocycles. The highest BCUT2D eigenvalue weighted by Crippen LogP contribution is 2.23. The molecule has 2 rings (SSSR count). The van der Waals surface area contributed by atoms with Crippen molar-refractivity contribution in [3.8, 4) is 0 Å². The van der Waals surface area contributed by atoms with Crippen LogP contribution in [0, 0.1) is 0 Å². The molecule has 0 spiro atoms. The zero-order valence-electron chi connectivity index (χ0n) is 12.6. The van der Waals surface area contributed by atoms with Crippen molar-refractivity contribution in [2.24, 2.45) is 0 Å². The van der Waals surface area contributed by atoms with Crippen LogP contribution >= 0.6 is 0 Å². The average molecular weight is 278 g/mol. The Labute approximate surface area is 122 Å². The summed E-state index contributed by atoms with van der Waals surface area (Å²) in [5.74, 6) is 0. The van der Waals surface area contributed by atoms with Gasteiger partial charge in [-0.05, 0) is 25.0 Å². The van der Waals surface area contributed by atoms with Crippen molar-refractivity contribution in [3.05, 3.63) is 29.8 Å². The lowest BCUT2D eigenvalue weighted by Crippen LogP contribution is -2.36. The van der Waals surface area contributed by atoms with Crippen LogP contribution in [0.4, 0.5) is 5.69 Å². The van der Waals surface area contributed by atoms with E-state index < -0.39 is 0 Å². The maximum Gasteiger partial charge on any atom is 0.0700 e. The monoisotopic (exact) mass is 278 g/mol. The molecule has 1 unspecified atom stereocenters. The summed E-state index contributed by atoms with van der Waals surface area (Å²) < 4.78 is 10.5. The highest BCUT2D eigenvalue weighted by molar-refractivity contribution is 5.54. The number of hydrogen-bond donors (Lipinski definition) is 1. The Morgan fingerprint density at radius 1 is 1.25 bits per heavy atom. The van der Waals surface area contributed by atoms with Crippen LogP contribution in [0.3, 0.4) is 0 Å². The number of rotatable bonds is 7. The van der Waals surface area contributed by atoms with Gasteiger partial charge in [-0.15, -0.1) is 0 Å². The normalized spacial score (nSPS) is 18.7. The van der Waals surface area contributed by atoms with Crippen LogP contribution in [0.2, 0.25) is 0 Å². The number of nitrogens with one attached hydrogen (secondary N) is 1. The van der Waals surface area contributed by atoms with Crippen LogP contribution in [0.5, 0.6) is 0 Å². The zero-order valence-corrected chi connectivity index (χ0v) is 12.6. The molecule has 0 fully saturated rings. The first-order valence-electron chi connectivity index (χ1n) is 7.44. The molecule has 1 aromatic rings. The van der Waals surface area contributed by atoms with Crippen molar-refractivity contribution in [2.75, 3.05) is 44.9 Å². The Morgan fingerprint density at radius 3 is 2.95 bits per heavy atom. The number of benzene rings is 1. The first-order chi connectivity index (χ1) is 9.81. The summed E-state index contributed by atoms with van der Waals surface area (Å²) in [4.78, 5) is 2.47. The third-order valence-corrected chi connectivity index (χ3v) is 3.62. The van der Waals surface area contributed by atoms with E-state index in [9.17, 15) is 0 Å². The number of hydrogen-bond acceptors (Lipinski definition) is 4. The first-order valence-corrected chi connectivity index (χ1v) is 7.44. The van der Waals surface area contributed by atoms with Crippen molar-refractivity contribution < 1.29 is 9.47 Å². The fourth-order valence-electron chi connectivity index (χ4n) is 2.56. The molecule has 1 aliphatic heterocycles. The van der Waals surface area contributed by atoms with Gasteiger partial charge in [0.25, 0.3) is 0 Å². The summed E-state index contributed by atoms with van der Waals surface area (Å²) in [7, 11) is 1.70. The van der Waals surface area contributed by atoms with Gasteiger partial charge >= 0.3 is 0 Å². The van der Waals surface area contributed by atoms with Crippen molar-refractivity contribution in [2.45, 2.75) is 25.9 Å². The summed E-state index contributed by atoms with van der Waals surface area (Å²) in [6.45, 7) is 7.44. The summed E-state index contributed by atoms with van der Waals surface area (Å²) >= 11 is 0. The minimum atomic E-state index is 0.511. The average Bonchev–Trinajstić information content (AvgIpc) is 2.63. The van der Waals surface area contributed by atoms with E-state index in [1.807, 2.05) is 0 Å². The molecular formula is C16H26N2O2. The summed E-state index contributed by atoms with van der Waals surface area (Å²) in [6.07, 6.45) is 1.05. The predicted octanol–water partition coefficient (Wildman–Crippen LogP) is 2.04. The van der Waals surface area contributed by atoms with Gasteiger partial charge in [-0.3, -0.25) is 0 Å². The Bertz CT molecular complexity index is 398. The molecule has 4 nitrogen and oxygen atoms in total. The SMILES string of the molecule is COCCOCCCN1CC(C)NCc2ccccc21. The summed E-state index contributed by atoms with van der Waals surface area (Å²) in [6, 6.07) is 9.18. The smallest absolute Gasteiger partial charge is 0.0700 e. The second-order valence-electron chi connectivity index (χ2n) is 5.32. The van der Waals surface area contributed by atoms with Crippen LogP contribution in [-0.2, 0) is 16.0 Å². The zero-order chi connectivity index (χ0) is 14.2. The molecule has 0 amide bonds. The Morgan fingerprint density at radius 2 is 2.10 bits per heavy atom. The van der Waals surface area contributed by atoms with Crippen LogP contribution < -0.4 is 10.2 Å². The van der Waals surface area contributed by atoms with Gasteiger partial charge in [0.05, 0.1) is 13.2 Å². The van der Waals surface area contributed by atoms with Gasteiger partial charge in [-0.25, -0.2) is 0 Å². The van der Waals surface area contributed by atoms with Crippen molar-refractivity contribution >= 4 is 5.69 Å². The molecule has 0 radical (unpaired) electrons. The molecular weight excluding hydrogens is 252 g/mol. The van der Waals surface area contributed by atoms with E-state index in [0.717, 1.165) is 32.7 Å². The second-order valence-corrected chi connectivity index (χ2v) is 5.32. The van der Waals surface area contributed by atoms with Gasteiger partial charge in [0.2, 0.25) is 0 Å². The second kappa shape index (κ2) is 8.25. The molecule has 112 valence electrons. The van der Waals surface area contributed by atoms with E-state index in [1.165, 1.54) is 11.3 Å². The van der Waals surface area contributed by atoms with E-state index in [1.54, 1.807) is 7.11 Å². The van der Waals surface area contributed by atoms with E-state index >= 15 is 0 Å². The van der Waals surface area contributed by atoms with Crippen molar-refractivity contribution in [1.29, 1.82) is 0 Å². The fraction of sp³-hybridized carbons (Fsp3) is 0.625. The van der Waals surface area contributed by atoms with Gasteiger partial charge in [0.1, 0.15) is 0 Å². The van der Waals surface area contributed by atoms with Crippen molar-refractivity contribution in [1.82, 2.24) is 5.32 Å². The van der Waals surface area contributed by atoms with Gasteiger partial charge in [-0.1, -0.05) is 18.2 Å². The van der Waals surface area contributed by atoms with Gasteiger partial charge in [0, 0.05) is 45.1 Å². The lowest BCUT2D eigenvalue weighted by molar-refractivity contribution is 0.0700. The number of nitrogens with zero attached hydrogens (tertiary/aromatic N) is 1. The third kappa shape index (κ3) is 4.47. The minimum Gasteiger partial charge on any atom is -0.382 e. The molecule has 1 aromatic carbocycles. The number of ether oxygens (including phenoxy) is 2. The molecule has 0 saturated carbocycles. The number of fused-ring (bicyclic) bond motifs is 1. The molecule has 0 bridgehead atoms. The molecule has 4 heteroatoms. The molecule has 20 heavy (non-hydrogen) atoms. The lowest BCUT2D eigenvalue weighted by atomic mass is 10.1. The summed E-state index contributed by atoms with van der Waals surface area (Å²) in [5.41, 5.74) is 2.75. The molecule has 1 aliphatic rings. The maximum absolute atomic E-state index is 5.54. The highest BCUT2D eigenvalue weighted by Gasteiger charge is 2.17. The Balaban J connectivity index is 1.85. The predicted molar refractivity (Wildman–Crippen MR) is 82.3 cm³/mol. The molecule has 0 saturated heterocycles. The van der Waals surface area contributed by atoms with E-state index in [0.29, 0.717) is 19.3 Å². The Hall–Kier alpha value is -1.10. The van der Waals surface area contributed by atoms with Crippen LogP contribution in [-0.4, -0.2) is 46.1 Å². The Kier molecular flexibility index (Phi) is 6.30. The molecule has 1 N–H and O–H groups in total. The number of methoxy groups -OCH3 is 1. The standard InChI is InChI=1S/C16H26N2O2/c1-14-13-18(8-5-9-20-11-10-19-2)16-7-4-3-6-15(16)12-17-14/h3-4,6-7,14,17H,5,8-13H2,1-2H3. The lowest BCUT2D eigenvalue weighted by Gasteiger charge is -2.26. The van der Waals surface area contributed by atoms with Crippen LogP contribution in [0.1, 0.15) is 18.9 Å². The van der Waals surface area contributed by atoms with E-state index in [2.05, 4.69) is 41.4 Å². The maximum atomic E-state index is 5.54. The molecule has 0 aliphatic carbocycles. The van der Waals surface area contributed by atoms with E-state index in [4.69, 9.17) is 9.47 Å². The van der Waals surface area contributed by atoms with Gasteiger partial charge < -0.3 is 19.7 Å². The quantitative estimate of drug-likeness (QED) is 0.774. The first kappa shape index (κ1) is 15.3.